The molecule has 0 aromatic heterocycles. The van der Waals surface area contributed by atoms with Gasteiger partial charge in [-0.2, -0.15) is 0 Å². The topological polar surface area (TPSA) is 89.7 Å². The summed E-state index contributed by atoms with van der Waals surface area (Å²) in [6.45, 7) is 1.86. The minimum atomic E-state index is -3.84. The summed E-state index contributed by atoms with van der Waals surface area (Å²) in [6.07, 6.45) is 0.172. The summed E-state index contributed by atoms with van der Waals surface area (Å²) in [5.74, 6) is 0.0731. The smallest absolute Gasteiger partial charge is 0.241 e. The van der Waals surface area contributed by atoms with Crippen molar-refractivity contribution in [2.45, 2.75) is 18.2 Å². The number of carbonyl (C=O) groups excluding carboxylic acids is 1. The maximum Gasteiger partial charge on any atom is 0.241 e. The molecule has 0 heterocycles. The molecule has 7 heteroatoms. The zero-order valence-electron chi connectivity index (χ0n) is 11.2. The van der Waals surface area contributed by atoms with Crippen LogP contribution in [0.2, 0.25) is 0 Å². The number of nitrogens with zero attached hydrogens (tertiary/aromatic N) is 1. The van der Waals surface area contributed by atoms with Gasteiger partial charge in [0.15, 0.2) is 0 Å². The van der Waals surface area contributed by atoms with Crippen LogP contribution in [-0.2, 0) is 14.8 Å². The van der Waals surface area contributed by atoms with Crippen LogP contribution in [0.1, 0.15) is 12.0 Å². The highest BCUT2D eigenvalue weighted by Crippen LogP contribution is 2.23. The molecule has 0 bridgehead atoms. The first-order valence-electron chi connectivity index (χ1n) is 5.68. The predicted molar refractivity (Wildman–Crippen MR) is 71.4 cm³/mol. The number of rotatable bonds is 5. The molecule has 0 fully saturated rings. The van der Waals surface area contributed by atoms with Crippen LogP contribution in [0.4, 0.5) is 0 Å². The van der Waals surface area contributed by atoms with Crippen LogP contribution < -0.4 is 9.88 Å². The SMILES string of the molecule is Cc1ccc(OCCC(=O)N(C)C)c(S(N)(=O)=O)c1. The number of nitrogens with two attached hydrogens (primary N) is 1. The van der Waals surface area contributed by atoms with E-state index in [-0.39, 0.29) is 29.6 Å². The quantitative estimate of drug-likeness (QED) is 0.853. The van der Waals surface area contributed by atoms with Crippen molar-refractivity contribution < 1.29 is 17.9 Å². The second-order valence-electron chi connectivity index (χ2n) is 4.38. The second kappa shape index (κ2) is 6.03. The first-order chi connectivity index (χ1) is 8.71. The molecule has 1 aromatic carbocycles. The molecular formula is C12H18N2O4S. The van der Waals surface area contributed by atoms with E-state index in [2.05, 4.69) is 0 Å². The lowest BCUT2D eigenvalue weighted by molar-refractivity contribution is -0.129. The highest BCUT2D eigenvalue weighted by molar-refractivity contribution is 7.89. The van der Waals surface area contributed by atoms with Gasteiger partial charge in [-0.15, -0.1) is 0 Å². The Bertz CT molecular complexity index is 567. The van der Waals surface area contributed by atoms with Gasteiger partial charge in [0.05, 0.1) is 13.0 Å². The van der Waals surface area contributed by atoms with Crippen molar-refractivity contribution in [1.82, 2.24) is 4.90 Å². The molecule has 1 aromatic rings. The van der Waals surface area contributed by atoms with Crippen LogP contribution >= 0.6 is 0 Å². The fraction of sp³-hybridized carbons (Fsp3) is 0.417. The van der Waals surface area contributed by atoms with Crippen LogP contribution in [-0.4, -0.2) is 39.9 Å². The number of hydrogen-bond donors (Lipinski definition) is 1. The van der Waals surface area contributed by atoms with E-state index in [4.69, 9.17) is 9.88 Å². The Kier molecular flexibility index (Phi) is 4.90. The van der Waals surface area contributed by atoms with Crippen molar-refractivity contribution in [3.05, 3.63) is 23.8 Å². The third-order valence-corrected chi connectivity index (χ3v) is 3.41. The van der Waals surface area contributed by atoms with Crippen LogP contribution in [0.5, 0.6) is 5.75 Å². The minimum absolute atomic E-state index is 0.0650. The Morgan fingerprint density at radius 1 is 1.37 bits per heavy atom. The third kappa shape index (κ3) is 4.53. The molecular weight excluding hydrogens is 268 g/mol. The monoisotopic (exact) mass is 286 g/mol. The summed E-state index contributed by atoms with van der Waals surface area (Å²) in [4.78, 5) is 12.8. The van der Waals surface area contributed by atoms with E-state index >= 15 is 0 Å². The van der Waals surface area contributed by atoms with Gasteiger partial charge < -0.3 is 9.64 Å². The Balaban J connectivity index is 2.82. The number of aryl methyl sites for hydroxylation is 1. The van der Waals surface area contributed by atoms with Gasteiger partial charge in [-0.05, 0) is 24.6 Å². The van der Waals surface area contributed by atoms with E-state index < -0.39 is 10.0 Å². The van der Waals surface area contributed by atoms with Crippen molar-refractivity contribution in [3.8, 4) is 5.75 Å². The maximum atomic E-state index is 11.4. The summed E-state index contributed by atoms with van der Waals surface area (Å²) in [7, 11) is -0.558. The van der Waals surface area contributed by atoms with Crippen molar-refractivity contribution in [2.75, 3.05) is 20.7 Å². The Morgan fingerprint density at radius 2 is 2.00 bits per heavy atom. The Morgan fingerprint density at radius 3 is 2.53 bits per heavy atom. The van der Waals surface area contributed by atoms with Gasteiger partial charge >= 0.3 is 0 Å². The first-order valence-corrected chi connectivity index (χ1v) is 7.23. The number of benzene rings is 1. The van der Waals surface area contributed by atoms with E-state index in [0.29, 0.717) is 0 Å². The number of sulfonamides is 1. The lowest BCUT2D eigenvalue weighted by Crippen LogP contribution is -2.23. The number of hydrogen-bond acceptors (Lipinski definition) is 4. The molecule has 0 unspecified atom stereocenters. The van der Waals surface area contributed by atoms with Gasteiger partial charge in [0.2, 0.25) is 15.9 Å². The largest absolute Gasteiger partial charge is 0.492 e. The zero-order chi connectivity index (χ0) is 14.6. The zero-order valence-corrected chi connectivity index (χ0v) is 12.0. The van der Waals surface area contributed by atoms with Crippen molar-refractivity contribution in [2.24, 2.45) is 5.14 Å². The minimum Gasteiger partial charge on any atom is -0.492 e. The molecule has 1 rings (SSSR count). The molecule has 0 aliphatic carbocycles. The standard InChI is InChI=1S/C12H18N2O4S/c1-9-4-5-10(11(8-9)19(13,16)17)18-7-6-12(15)14(2)3/h4-5,8H,6-7H2,1-3H3,(H2,13,16,17). The number of primary sulfonamides is 1. The summed E-state index contributed by atoms with van der Waals surface area (Å²) in [5.41, 5.74) is 0.765. The Labute approximate surface area is 113 Å². The molecule has 0 radical (unpaired) electrons. The molecule has 0 spiro atoms. The van der Waals surface area contributed by atoms with E-state index in [1.807, 2.05) is 0 Å². The molecule has 1 amide bonds. The summed E-state index contributed by atoms with van der Waals surface area (Å²) in [5, 5.41) is 5.12. The van der Waals surface area contributed by atoms with Gasteiger partial charge in [0.1, 0.15) is 10.6 Å². The van der Waals surface area contributed by atoms with E-state index in [9.17, 15) is 13.2 Å². The van der Waals surface area contributed by atoms with Gasteiger partial charge in [0.25, 0.3) is 0 Å². The average molecular weight is 286 g/mol. The number of amides is 1. The molecule has 106 valence electrons. The highest BCUT2D eigenvalue weighted by atomic mass is 32.2. The van der Waals surface area contributed by atoms with Gasteiger partial charge in [-0.25, -0.2) is 13.6 Å². The lowest BCUT2D eigenvalue weighted by Gasteiger charge is -2.13. The van der Waals surface area contributed by atoms with Crippen LogP contribution in [0.3, 0.4) is 0 Å². The van der Waals surface area contributed by atoms with E-state index in [1.54, 1.807) is 27.1 Å². The average Bonchev–Trinajstić information content (AvgIpc) is 2.29. The van der Waals surface area contributed by atoms with E-state index in [1.165, 1.54) is 17.0 Å². The van der Waals surface area contributed by atoms with Crippen LogP contribution in [0.25, 0.3) is 0 Å². The summed E-state index contributed by atoms with van der Waals surface area (Å²) >= 11 is 0. The fourth-order valence-electron chi connectivity index (χ4n) is 1.43. The molecule has 0 saturated heterocycles. The molecule has 0 aliphatic rings. The van der Waals surface area contributed by atoms with Crippen LogP contribution in [0, 0.1) is 6.92 Å². The molecule has 0 aliphatic heterocycles. The highest BCUT2D eigenvalue weighted by Gasteiger charge is 2.15. The van der Waals surface area contributed by atoms with Crippen molar-refractivity contribution >= 4 is 15.9 Å². The fourth-order valence-corrected chi connectivity index (χ4v) is 2.19. The van der Waals surface area contributed by atoms with Crippen molar-refractivity contribution in [3.63, 3.8) is 0 Å². The molecule has 19 heavy (non-hydrogen) atoms. The molecule has 0 atom stereocenters. The van der Waals surface area contributed by atoms with Crippen molar-refractivity contribution in [1.29, 1.82) is 0 Å². The molecule has 6 nitrogen and oxygen atoms in total. The summed E-state index contributed by atoms with van der Waals surface area (Å²) in [6, 6.07) is 4.70. The number of ether oxygens (including phenoxy) is 1. The summed E-state index contributed by atoms with van der Waals surface area (Å²) < 4.78 is 28.2. The van der Waals surface area contributed by atoms with Crippen LogP contribution in [0.15, 0.2) is 23.1 Å². The van der Waals surface area contributed by atoms with Gasteiger partial charge in [0, 0.05) is 14.1 Å². The normalized spacial score (nSPS) is 11.2. The molecule has 0 saturated carbocycles. The maximum absolute atomic E-state index is 11.4. The predicted octanol–water partition coefficient (Wildman–Crippen LogP) is 0.500. The van der Waals surface area contributed by atoms with E-state index in [0.717, 1.165) is 5.56 Å². The second-order valence-corrected chi connectivity index (χ2v) is 5.91. The van der Waals surface area contributed by atoms with Gasteiger partial charge in [-0.1, -0.05) is 6.07 Å². The molecule has 2 N–H and O–H groups in total. The first kappa shape index (κ1) is 15.5. The lowest BCUT2D eigenvalue weighted by atomic mass is 10.2. The Hall–Kier alpha value is -1.60. The third-order valence-electron chi connectivity index (χ3n) is 2.48. The van der Waals surface area contributed by atoms with Gasteiger partial charge in [-0.3, -0.25) is 4.79 Å². The number of carbonyl (C=O) groups is 1.